The van der Waals surface area contributed by atoms with Crippen molar-refractivity contribution in [1.82, 2.24) is 5.32 Å². The monoisotopic (exact) mass is 201 g/mol. The van der Waals surface area contributed by atoms with E-state index in [0.717, 1.165) is 19.8 Å². The molecule has 2 nitrogen and oxygen atoms in total. The molecule has 2 heteroatoms. The Bertz CT molecular complexity index is 84.3. The summed E-state index contributed by atoms with van der Waals surface area (Å²) in [6, 6.07) is 0. The molecule has 1 N–H and O–H groups in total. The van der Waals surface area contributed by atoms with Crippen molar-refractivity contribution in [3.63, 3.8) is 0 Å². The molecule has 0 spiro atoms. The van der Waals surface area contributed by atoms with Crippen LogP contribution >= 0.6 is 0 Å². The normalized spacial score (nSPS) is 10.7. The Labute approximate surface area is 89.4 Å². The molecule has 0 unspecified atom stereocenters. The van der Waals surface area contributed by atoms with Crippen molar-refractivity contribution < 1.29 is 4.74 Å². The van der Waals surface area contributed by atoms with Gasteiger partial charge in [-0.3, -0.25) is 0 Å². The Morgan fingerprint density at radius 1 is 0.857 bits per heavy atom. The molecule has 86 valence electrons. The summed E-state index contributed by atoms with van der Waals surface area (Å²) in [4.78, 5) is 0. The second-order valence-electron chi connectivity index (χ2n) is 3.73. The van der Waals surface area contributed by atoms with Crippen LogP contribution in [0.4, 0.5) is 0 Å². The topological polar surface area (TPSA) is 21.3 Å². The first-order chi connectivity index (χ1) is 6.91. The number of hydrogen-bond donors (Lipinski definition) is 1. The Kier molecular flexibility index (Phi) is 12.8. The largest absolute Gasteiger partial charge is 0.381 e. The fourth-order valence-corrected chi connectivity index (χ4v) is 1.33. The molecule has 0 atom stereocenters. The summed E-state index contributed by atoms with van der Waals surface area (Å²) < 4.78 is 5.49. The number of rotatable bonds is 11. The predicted octanol–water partition coefficient (Wildman–Crippen LogP) is 2.97. The van der Waals surface area contributed by atoms with Gasteiger partial charge in [-0.15, -0.1) is 0 Å². The second-order valence-corrected chi connectivity index (χ2v) is 3.73. The van der Waals surface area contributed by atoms with Crippen LogP contribution in [0.25, 0.3) is 0 Å². The average molecular weight is 201 g/mol. The molecule has 0 saturated heterocycles. The molecule has 0 aromatic carbocycles. The number of nitrogens with one attached hydrogen (secondary N) is 1. The summed E-state index contributed by atoms with van der Waals surface area (Å²) in [6.07, 6.45) is 7.64. The van der Waals surface area contributed by atoms with Gasteiger partial charge < -0.3 is 10.1 Å². The van der Waals surface area contributed by atoms with Crippen LogP contribution in [0.1, 0.15) is 52.4 Å². The Hall–Kier alpha value is -0.0800. The van der Waals surface area contributed by atoms with E-state index in [1.54, 1.807) is 0 Å². The third-order valence-corrected chi connectivity index (χ3v) is 2.28. The highest BCUT2D eigenvalue weighted by molar-refractivity contribution is 4.46. The van der Waals surface area contributed by atoms with Crippen LogP contribution in [0.2, 0.25) is 0 Å². The van der Waals surface area contributed by atoms with Crippen LogP contribution in [0, 0.1) is 0 Å². The standard InChI is InChI=1S/C12H27NO/c1-3-5-11-14-12-9-7-6-8-10-13-4-2/h13H,3-12H2,1-2H3. The van der Waals surface area contributed by atoms with Crippen LogP contribution < -0.4 is 5.32 Å². The van der Waals surface area contributed by atoms with Crippen LogP contribution in [0.3, 0.4) is 0 Å². The molecular formula is C12H27NO. The van der Waals surface area contributed by atoms with Crippen LogP contribution in [-0.4, -0.2) is 26.3 Å². The molecule has 0 rings (SSSR count). The highest BCUT2D eigenvalue weighted by Gasteiger charge is 1.90. The highest BCUT2D eigenvalue weighted by atomic mass is 16.5. The van der Waals surface area contributed by atoms with E-state index < -0.39 is 0 Å². The fourth-order valence-electron chi connectivity index (χ4n) is 1.33. The zero-order valence-electron chi connectivity index (χ0n) is 9.98. The smallest absolute Gasteiger partial charge is 0.0466 e. The fraction of sp³-hybridized carbons (Fsp3) is 1.00. The van der Waals surface area contributed by atoms with Gasteiger partial charge in [0.25, 0.3) is 0 Å². The molecule has 0 radical (unpaired) electrons. The summed E-state index contributed by atoms with van der Waals surface area (Å²) in [5.41, 5.74) is 0. The summed E-state index contributed by atoms with van der Waals surface area (Å²) in [5, 5.41) is 3.34. The summed E-state index contributed by atoms with van der Waals surface area (Å²) in [7, 11) is 0. The molecule has 0 amide bonds. The third kappa shape index (κ3) is 11.9. The molecule has 0 aromatic rings. The van der Waals surface area contributed by atoms with Crippen molar-refractivity contribution in [3.8, 4) is 0 Å². The Balaban J connectivity index is 2.78. The van der Waals surface area contributed by atoms with Crippen molar-refractivity contribution in [3.05, 3.63) is 0 Å². The van der Waals surface area contributed by atoms with Crippen molar-refractivity contribution in [2.75, 3.05) is 26.3 Å². The van der Waals surface area contributed by atoms with E-state index >= 15 is 0 Å². The number of unbranched alkanes of at least 4 members (excludes halogenated alkanes) is 4. The SMILES string of the molecule is CCCCOCCCCCCNCC. The van der Waals surface area contributed by atoms with Crippen LogP contribution in [-0.2, 0) is 4.74 Å². The minimum atomic E-state index is 0.952. The van der Waals surface area contributed by atoms with Gasteiger partial charge in [0.2, 0.25) is 0 Å². The molecule has 0 fully saturated rings. The lowest BCUT2D eigenvalue weighted by Crippen LogP contribution is -2.13. The first-order valence-electron chi connectivity index (χ1n) is 6.20. The number of hydrogen-bond acceptors (Lipinski definition) is 2. The number of ether oxygens (including phenoxy) is 1. The summed E-state index contributed by atoms with van der Waals surface area (Å²) >= 11 is 0. The van der Waals surface area contributed by atoms with Gasteiger partial charge in [0.1, 0.15) is 0 Å². The van der Waals surface area contributed by atoms with Gasteiger partial charge >= 0.3 is 0 Å². The molecule has 0 saturated carbocycles. The minimum absolute atomic E-state index is 0.952. The van der Waals surface area contributed by atoms with Crippen molar-refractivity contribution in [2.24, 2.45) is 0 Å². The van der Waals surface area contributed by atoms with E-state index in [9.17, 15) is 0 Å². The van der Waals surface area contributed by atoms with E-state index in [1.807, 2.05) is 0 Å². The van der Waals surface area contributed by atoms with Crippen molar-refractivity contribution in [2.45, 2.75) is 52.4 Å². The van der Waals surface area contributed by atoms with E-state index in [4.69, 9.17) is 4.74 Å². The molecular weight excluding hydrogens is 174 g/mol. The van der Waals surface area contributed by atoms with Gasteiger partial charge in [-0.1, -0.05) is 33.1 Å². The van der Waals surface area contributed by atoms with Gasteiger partial charge in [0, 0.05) is 13.2 Å². The molecule has 0 bridgehead atoms. The molecule has 0 aliphatic heterocycles. The predicted molar refractivity (Wildman–Crippen MR) is 62.7 cm³/mol. The minimum Gasteiger partial charge on any atom is -0.381 e. The molecule has 0 aromatic heterocycles. The average Bonchev–Trinajstić information content (AvgIpc) is 2.21. The second kappa shape index (κ2) is 12.9. The maximum Gasteiger partial charge on any atom is 0.0466 e. The lowest BCUT2D eigenvalue weighted by molar-refractivity contribution is 0.127. The summed E-state index contributed by atoms with van der Waals surface area (Å²) in [5.74, 6) is 0. The van der Waals surface area contributed by atoms with E-state index in [2.05, 4.69) is 19.2 Å². The molecule has 0 aliphatic carbocycles. The zero-order valence-corrected chi connectivity index (χ0v) is 9.98. The van der Waals surface area contributed by atoms with Crippen LogP contribution in [0.5, 0.6) is 0 Å². The lowest BCUT2D eigenvalue weighted by atomic mass is 10.2. The molecule has 14 heavy (non-hydrogen) atoms. The van der Waals surface area contributed by atoms with Gasteiger partial charge in [0.05, 0.1) is 0 Å². The van der Waals surface area contributed by atoms with Crippen molar-refractivity contribution >= 4 is 0 Å². The maximum absolute atomic E-state index is 5.49. The first kappa shape index (κ1) is 13.9. The van der Waals surface area contributed by atoms with E-state index in [1.165, 1.54) is 45.1 Å². The molecule has 0 heterocycles. The van der Waals surface area contributed by atoms with Gasteiger partial charge in [-0.2, -0.15) is 0 Å². The summed E-state index contributed by atoms with van der Waals surface area (Å²) in [6.45, 7) is 8.54. The van der Waals surface area contributed by atoms with Crippen LogP contribution in [0.15, 0.2) is 0 Å². The van der Waals surface area contributed by atoms with E-state index in [0.29, 0.717) is 0 Å². The third-order valence-electron chi connectivity index (χ3n) is 2.28. The lowest BCUT2D eigenvalue weighted by Gasteiger charge is -2.03. The Morgan fingerprint density at radius 2 is 1.57 bits per heavy atom. The van der Waals surface area contributed by atoms with Gasteiger partial charge in [-0.05, 0) is 32.4 Å². The van der Waals surface area contributed by atoms with Crippen molar-refractivity contribution in [1.29, 1.82) is 0 Å². The first-order valence-corrected chi connectivity index (χ1v) is 6.20. The quantitative estimate of drug-likeness (QED) is 0.519. The Morgan fingerprint density at radius 3 is 2.29 bits per heavy atom. The van der Waals surface area contributed by atoms with E-state index in [-0.39, 0.29) is 0 Å². The highest BCUT2D eigenvalue weighted by Crippen LogP contribution is 1.99. The maximum atomic E-state index is 5.49. The van der Waals surface area contributed by atoms with Gasteiger partial charge in [0.15, 0.2) is 0 Å². The molecule has 0 aliphatic rings. The van der Waals surface area contributed by atoms with Gasteiger partial charge in [-0.25, -0.2) is 0 Å². The zero-order chi connectivity index (χ0) is 10.5.